The molecule has 8 heteroatoms. The molecule has 0 saturated heterocycles. The number of aliphatic carboxylic acids is 1. The van der Waals surface area contributed by atoms with Gasteiger partial charge in [-0.1, -0.05) is 202 Å². The standard InChI is InChI=1S/C59H103NO7/c1-6-8-10-12-14-16-18-20-22-24-26-28-29-30-32-33-35-37-39-41-43-45-47-49-57(61)66-54-55(53-65-52-51-56(59(63)64)60(3,4)5)67-58(62)50-48-46-44-42-40-38-36-34-31-27-25-23-21-19-17-15-13-11-9-7-2/h9,11,15,17,21,23,27,30-32,36,38,55-56H,6-8,10,12-14,16,18-20,22,24-26,28-29,33-35,37,39-54H2,1-5H3/p+1/b11-9+,17-15+,23-21+,31-27+,32-30+,38-36+. The largest absolute Gasteiger partial charge is 0.477 e. The molecule has 0 aliphatic heterocycles. The van der Waals surface area contributed by atoms with Gasteiger partial charge in [0.15, 0.2) is 12.1 Å². The second kappa shape index (κ2) is 49.2. The van der Waals surface area contributed by atoms with E-state index in [1.54, 1.807) is 0 Å². The maximum Gasteiger partial charge on any atom is 0.362 e. The van der Waals surface area contributed by atoms with Crippen molar-refractivity contribution in [2.75, 3.05) is 41.0 Å². The van der Waals surface area contributed by atoms with Crippen molar-refractivity contribution in [3.63, 3.8) is 0 Å². The second-order valence-electron chi connectivity index (χ2n) is 19.5. The van der Waals surface area contributed by atoms with Crippen LogP contribution in [0.2, 0.25) is 0 Å². The van der Waals surface area contributed by atoms with Gasteiger partial charge in [-0.25, -0.2) is 4.79 Å². The van der Waals surface area contributed by atoms with Gasteiger partial charge in [0.05, 0.1) is 34.4 Å². The lowest BCUT2D eigenvalue weighted by Crippen LogP contribution is -2.50. The van der Waals surface area contributed by atoms with Crippen LogP contribution in [0.25, 0.3) is 0 Å². The number of carbonyl (C=O) groups excluding carboxylic acids is 2. The van der Waals surface area contributed by atoms with E-state index in [1.807, 2.05) is 21.1 Å². The van der Waals surface area contributed by atoms with Gasteiger partial charge in [-0.15, -0.1) is 0 Å². The van der Waals surface area contributed by atoms with Crippen LogP contribution in [0.15, 0.2) is 72.9 Å². The van der Waals surface area contributed by atoms with E-state index in [-0.39, 0.29) is 36.2 Å². The van der Waals surface area contributed by atoms with E-state index >= 15 is 0 Å². The zero-order valence-electron chi connectivity index (χ0n) is 44.1. The molecule has 1 N–H and O–H groups in total. The van der Waals surface area contributed by atoms with Gasteiger partial charge in [-0.05, 0) is 83.5 Å². The van der Waals surface area contributed by atoms with Crippen molar-refractivity contribution in [1.29, 1.82) is 0 Å². The first kappa shape index (κ1) is 63.8. The molecule has 0 aromatic heterocycles. The molecule has 2 unspecified atom stereocenters. The number of rotatable bonds is 49. The Morgan fingerprint density at radius 3 is 1.25 bits per heavy atom. The average molecular weight is 939 g/mol. The average Bonchev–Trinajstić information content (AvgIpc) is 3.29. The topological polar surface area (TPSA) is 99.1 Å². The maximum atomic E-state index is 12.8. The Morgan fingerprint density at radius 1 is 0.463 bits per heavy atom. The summed E-state index contributed by atoms with van der Waals surface area (Å²) >= 11 is 0. The van der Waals surface area contributed by atoms with Crippen LogP contribution in [0.3, 0.4) is 0 Å². The van der Waals surface area contributed by atoms with E-state index < -0.39 is 18.1 Å². The molecule has 386 valence electrons. The molecule has 0 radical (unpaired) electrons. The van der Waals surface area contributed by atoms with Crippen LogP contribution in [0.5, 0.6) is 0 Å². The summed E-state index contributed by atoms with van der Waals surface area (Å²) in [6, 6.07) is -0.624. The number of ether oxygens (including phenoxy) is 3. The molecule has 2 atom stereocenters. The molecule has 0 heterocycles. The minimum Gasteiger partial charge on any atom is -0.477 e. The molecule has 0 aliphatic carbocycles. The molecule has 0 saturated carbocycles. The van der Waals surface area contributed by atoms with Gasteiger partial charge in [0.25, 0.3) is 0 Å². The number of hydrogen-bond donors (Lipinski definition) is 1. The Bertz CT molecular complexity index is 1320. The summed E-state index contributed by atoms with van der Waals surface area (Å²) in [5.41, 5.74) is 0. The molecule has 0 spiro atoms. The fourth-order valence-electron chi connectivity index (χ4n) is 7.88. The summed E-state index contributed by atoms with van der Waals surface area (Å²) in [7, 11) is 5.53. The van der Waals surface area contributed by atoms with Crippen LogP contribution in [0.4, 0.5) is 0 Å². The predicted octanol–water partition coefficient (Wildman–Crippen LogP) is 16.3. The Kier molecular flexibility index (Phi) is 46.8. The lowest BCUT2D eigenvalue weighted by atomic mass is 10.0. The number of carboxylic acids is 1. The third-order valence-electron chi connectivity index (χ3n) is 12.1. The lowest BCUT2D eigenvalue weighted by molar-refractivity contribution is -0.887. The van der Waals surface area contributed by atoms with Crippen LogP contribution < -0.4 is 0 Å². The highest BCUT2D eigenvalue weighted by molar-refractivity contribution is 5.72. The number of hydrogen-bond acceptors (Lipinski definition) is 6. The molecule has 67 heavy (non-hydrogen) atoms. The van der Waals surface area contributed by atoms with Crippen molar-refractivity contribution < 1.29 is 38.2 Å². The zero-order chi connectivity index (χ0) is 49.2. The molecular weight excluding hydrogens is 835 g/mol. The molecule has 0 aliphatic rings. The van der Waals surface area contributed by atoms with Crippen LogP contribution in [-0.2, 0) is 28.6 Å². The summed E-state index contributed by atoms with van der Waals surface area (Å²) in [4.78, 5) is 37.2. The van der Waals surface area contributed by atoms with E-state index in [2.05, 4.69) is 86.8 Å². The van der Waals surface area contributed by atoms with Gasteiger partial charge >= 0.3 is 17.9 Å². The molecule has 0 amide bonds. The van der Waals surface area contributed by atoms with Crippen molar-refractivity contribution in [3.05, 3.63) is 72.9 Å². The second-order valence-corrected chi connectivity index (χ2v) is 19.5. The van der Waals surface area contributed by atoms with Crippen molar-refractivity contribution >= 4 is 17.9 Å². The quantitative estimate of drug-likeness (QED) is 0.0281. The third kappa shape index (κ3) is 47.6. The molecule has 0 bridgehead atoms. The van der Waals surface area contributed by atoms with Gasteiger partial charge in [0.2, 0.25) is 0 Å². The van der Waals surface area contributed by atoms with Gasteiger partial charge < -0.3 is 23.8 Å². The first-order valence-corrected chi connectivity index (χ1v) is 27.5. The maximum absolute atomic E-state index is 12.8. The summed E-state index contributed by atoms with van der Waals surface area (Å²) in [5.74, 6) is -1.50. The van der Waals surface area contributed by atoms with Crippen LogP contribution in [-0.4, -0.2) is 80.6 Å². The highest BCUT2D eigenvalue weighted by Gasteiger charge is 2.31. The van der Waals surface area contributed by atoms with Gasteiger partial charge in [-0.3, -0.25) is 9.59 Å². The summed E-state index contributed by atoms with van der Waals surface area (Å²) in [6.45, 7) is 4.61. The molecule has 8 nitrogen and oxygen atoms in total. The molecular formula is C59H104NO7+. The van der Waals surface area contributed by atoms with E-state index in [0.717, 1.165) is 83.5 Å². The Labute approximate surface area is 412 Å². The van der Waals surface area contributed by atoms with E-state index in [4.69, 9.17) is 14.2 Å². The monoisotopic (exact) mass is 939 g/mol. The number of nitrogens with zero attached hydrogens (tertiary/aromatic N) is 1. The Balaban J connectivity index is 4.25. The van der Waals surface area contributed by atoms with Crippen LogP contribution in [0, 0.1) is 0 Å². The number of quaternary nitrogens is 1. The normalized spacial score (nSPS) is 13.4. The smallest absolute Gasteiger partial charge is 0.362 e. The van der Waals surface area contributed by atoms with Crippen LogP contribution in [0.1, 0.15) is 232 Å². The van der Waals surface area contributed by atoms with Crippen molar-refractivity contribution in [1.82, 2.24) is 0 Å². The van der Waals surface area contributed by atoms with Gasteiger partial charge in [0.1, 0.15) is 6.61 Å². The summed E-state index contributed by atoms with van der Waals surface area (Å²) < 4.78 is 17.4. The lowest BCUT2D eigenvalue weighted by Gasteiger charge is -2.31. The highest BCUT2D eigenvalue weighted by atomic mass is 16.6. The summed E-state index contributed by atoms with van der Waals surface area (Å²) in [5, 5.41) is 9.67. The number of carbonyl (C=O) groups is 3. The fourth-order valence-corrected chi connectivity index (χ4v) is 7.88. The van der Waals surface area contributed by atoms with Gasteiger partial charge in [0, 0.05) is 19.3 Å². The number of esters is 2. The first-order chi connectivity index (χ1) is 32.6. The molecule has 0 aromatic carbocycles. The number of allylic oxidation sites excluding steroid dienone is 12. The third-order valence-corrected chi connectivity index (χ3v) is 12.1. The number of likely N-dealkylation sites (N-methyl/N-ethyl adjacent to an activating group) is 1. The minimum absolute atomic E-state index is 0.0466. The van der Waals surface area contributed by atoms with Crippen molar-refractivity contribution in [2.45, 2.75) is 244 Å². The number of unbranched alkanes of at least 4 members (excludes halogenated alkanes) is 23. The van der Waals surface area contributed by atoms with E-state index in [9.17, 15) is 19.5 Å². The molecule has 0 fully saturated rings. The highest BCUT2D eigenvalue weighted by Crippen LogP contribution is 2.15. The molecule has 0 rings (SSSR count). The first-order valence-electron chi connectivity index (χ1n) is 27.5. The predicted molar refractivity (Wildman–Crippen MR) is 284 cm³/mol. The molecule has 0 aromatic rings. The minimum atomic E-state index is -0.881. The van der Waals surface area contributed by atoms with Crippen molar-refractivity contribution in [2.24, 2.45) is 0 Å². The van der Waals surface area contributed by atoms with Crippen LogP contribution >= 0.6 is 0 Å². The summed E-state index contributed by atoms with van der Waals surface area (Å²) in [6.07, 6.45) is 63.9. The van der Waals surface area contributed by atoms with E-state index in [1.165, 1.54) is 116 Å². The van der Waals surface area contributed by atoms with Crippen molar-refractivity contribution in [3.8, 4) is 0 Å². The Morgan fingerprint density at radius 2 is 0.836 bits per heavy atom. The zero-order valence-corrected chi connectivity index (χ0v) is 44.1. The Hall–Kier alpha value is -3.23. The SMILES string of the molecule is CC/C=C/C/C=C/C/C=C/C/C=C/C/C=C/CCCCCCC(=O)OC(COCCC(C(=O)O)[N+](C)(C)C)COC(=O)CCCCCCCCC/C=C/CCCCCCCCCCCCCC. The van der Waals surface area contributed by atoms with E-state index in [0.29, 0.717) is 19.3 Å². The fraction of sp³-hybridized carbons (Fsp3) is 0.746. The number of carboxylic acid groups (broad SMARTS) is 1. The van der Waals surface area contributed by atoms with Gasteiger partial charge in [-0.2, -0.15) is 0 Å².